The van der Waals surface area contributed by atoms with Gasteiger partial charge in [0.25, 0.3) is 0 Å². The molecule has 112 valence electrons. The number of carbonyl (C=O) groups excluding carboxylic acids is 1. The van der Waals surface area contributed by atoms with Gasteiger partial charge in [-0.2, -0.15) is 13.2 Å². The average Bonchev–Trinajstić information content (AvgIpc) is 3.09. The highest BCUT2D eigenvalue weighted by Gasteiger charge is 2.64. The van der Waals surface area contributed by atoms with Crippen molar-refractivity contribution in [1.29, 1.82) is 0 Å². The van der Waals surface area contributed by atoms with Gasteiger partial charge in [-0.1, -0.05) is 0 Å². The number of thiophene rings is 1. The molecule has 0 aromatic carbocycles. The second kappa shape index (κ2) is 5.03. The molecule has 0 bridgehead atoms. The number of anilines is 2. The highest BCUT2D eigenvalue weighted by molar-refractivity contribution is 7.99. The molecule has 1 heterocycles. The van der Waals surface area contributed by atoms with E-state index in [1.807, 2.05) is 0 Å². The lowest BCUT2D eigenvalue weighted by atomic mass is 10.2. The molecule has 1 aromatic rings. The first-order valence-corrected chi connectivity index (χ1v) is 7.69. The quantitative estimate of drug-likeness (QED) is 0.656. The third-order valence-corrected chi connectivity index (χ3v) is 5.18. The molecule has 9 heteroatoms. The van der Waals surface area contributed by atoms with E-state index >= 15 is 0 Å². The largest absolute Gasteiger partial charge is 0.465 e. The van der Waals surface area contributed by atoms with Gasteiger partial charge in [0.15, 0.2) is 0 Å². The Labute approximate surface area is 121 Å². The topological polar surface area (TPSA) is 64.3 Å². The molecule has 0 amide bonds. The van der Waals surface area contributed by atoms with Gasteiger partial charge < -0.3 is 15.8 Å². The van der Waals surface area contributed by atoms with Crippen LogP contribution in [0.2, 0.25) is 0 Å². The van der Waals surface area contributed by atoms with Crippen LogP contribution in [0.25, 0.3) is 0 Å². The molecular formula is C11H13F3N2O2S2. The van der Waals surface area contributed by atoms with Crippen LogP contribution in [0.1, 0.15) is 22.5 Å². The summed E-state index contributed by atoms with van der Waals surface area (Å²) in [5.41, 5.74) is 4.08. The maximum atomic E-state index is 13.0. The number of rotatable bonds is 4. The summed E-state index contributed by atoms with van der Waals surface area (Å²) in [6.45, 7) is 0. The number of halogens is 3. The van der Waals surface area contributed by atoms with E-state index in [9.17, 15) is 18.0 Å². The fourth-order valence-electron chi connectivity index (χ4n) is 1.78. The summed E-state index contributed by atoms with van der Waals surface area (Å²) >= 11 is 2.09. The normalized spacial score (nSPS) is 16.9. The Morgan fingerprint density at radius 1 is 1.50 bits per heavy atom. The summed E-state index contributed by atoms with van der Waals surface area (Å²) in [5.74, 6) is -0.646. The third kappa shape index (κ3) is 2.44. The van der Waals surface area contributed by atoms with Gasteiger partial charge in [0.1, 0.15) is 15.4 Å². The van der Waals surface area contributed by atoms with Gasteiger partial charge >= 0.3 is 12.1 Å². The number of hydrogen-bond donors (Lipinski definition) is 2. The molecule has 0 spiro atoms. The Balaban J connectivity index is 2.36. The first-order valence-electron chi connectivity index (χ1n) is 5.65. The minimum atomic E-state index is -4.33. The van der Waals surface area contributed by atoms with Gasteiger partial charge in [-0.15, -0.1) is 23.1 Å². The highest BCUT2D eigenvalue weighted by atomic mass is 32.2. The fourth-order valence-corrected chi connectivity index (χ4v) is 3.81. The molecule has 2 rings (SSSR count). The highest BCUT2D eigenvalue weighted by Crippen LogP contribution is 2.54. The Bertz CT molecular complexity index is 539. The standard InChI is InChI=1S/C11H13F3N2O2S2/c1-18-9(17)7-5(15)6(19-2)8(20-7)16-10(3-4-10)11(12,13)14/h16H,3-4,15H2,1-2H3. The predicted octanol–water partition coefficient (Wildman–Crippen LogP) is 3.35. The van der Waals surface area contributed by atoms with Crippen LogP contribution in [-0.2, 0) is 4.74 Å². The van der Waals surface area contributed by atoms with Gasteiger partial charge in [0.2, 0.25) is 0 Å². The van der Waals surface area contributed by atoms with Crippen molar-refractivity contribution < 1.29 is 22.7 Å². The Kier molecular flexibility index (Phi) is 3.85. The summed E-state index contributed by atoms with van der Waals surface area (Å²) in [6, 6.07) is 0. The lowest BCUT2D eigenvalue weighted by molar-refractivity contribution is -0.151. The molecule has 0 atom stereocenters. The molecule has 20 heavy (non-hydrogen) atoms. The predicted molar refractivity (Wildman–Crippen MR) is 73.5 cm³/mol. The molecule has 3 N–H and O–H groups in total. The zero-order valence-electron chi connectivity index (χ0n) is 10.8. The van der Waals surface area contributed by atoms with E-state index in [0.717, 1.165) is 11.3 Å². The van der Waals surface area contributed by atoms with Crippen LogP contribution in [-0.4, -0.2) is 31.1 Å². The van der Waals surface area contributed by atoms with Crippen LogP contribution in [0.5, 0.6) is 0 Å². The first-order chi connectivity index (χ1) is 9.25. The summed E-state index contributed by atoms with van der Waals surface area (Å²) in [5, 5.41) is 2.78. The smallest absolute Gasteiger partial charge is 0.411 e. The second-order valence-corrected chi connectivity index (χ2v) is 6.24. The van der Waals surface area contributed by atoms with Gasteiger partial charge in [0.05, 0.1) is 17.7 Å². The lowest BCUT2D eigenvalue weighted by Gasteiger charge is -2.21. The molecule has 0 aliphatic heterocycles. The average molecular weight is 326 g/mol. The molecule has 4 nitrogen and oxygen atoms in total. The van der Waals surface area contributed by atoms with Crippen molar-refractivity contribution in [3.05, 3.63) is 4.88 Å². The molecule has 1 aliphatic rings. The van der Waals surface area contributed by atoms with Crippen LogP contribution in [0, 0.1) is 0 Å². The van der Waals surface area contributed by atoms with Crippen LogP contribution in [0.3, 0.4) is 0 Å². The van der Waals surface area contributed by atoms with Crippen LogP contribution >= 0.6 is 23.1 Å². The van der Waals surface area contributed by atoms with E-state index in [1.54, 1.807) is 6.26 Å². The number of thioether (sulfide) groups is 1. The number of esters is 1. The molecule has 1 aromatic heterocycles. The van der Waals surface area contributed by atoms with E-state index in [1.165, 1.54) is 18.9 Å². The van der Waals surface area contributed by atoms with Crippen LogP contribution < -0.4 is 11.1 Å². The van der Waals surface area contributed by atoms with E-state index in [0.29, 0.717) is 4.90 Å². The van der Waals surface area contributed by atoms with Gasteiger partial charge in [-0.05, 0) is 19.1 Å². The minimum absolute atomic E-state index is 0.0235. The minimum Gasteiger partial charge on any atom is -0.465 e. The van der Waals surface area contributed by atoms with Crippen LogP contribution in [0.4, 0.5) is 23.9 Å². The number of ether oxygens (including phenoxy) is 1. The van der Waals surface area contributed by atoms with Gasteiger partial charge in [-0.3, -0.25) is 0 Å². The monoisotopic (exact) mass is 326 g/mol. The van der Waals surface area contributed by atoms with E-state index in [4.69, 9.17) is 5.73 Å². The van der Waals surface area contributed by atoms with E-state index in [2.05, 4.69) is 10.1 Å². The van der Waals surface area contributed by atoms with Crippen molar-refractivity contribution in [3.8, 4) is 0 Å². The van der Waals surface area contributed by atoms with Crippen molar-refractivity contribution in [2.24, 2.45) is 0 Å². The van der Waals surface area contributed by atoms with Crippen molar-refractivity contribution in [2.45, 2.75) is 29.5 Å². The molecular weight excluding hydrogens is 313 g/mol. The zero-order chi connectivity index (χ0) is 15.1. The summed E-state index contributed by atoms with van der Waals surface area (Å²) in [4.78, 5) is 12.1. The summed E-state index contributed by atoms with van der Waals surface area (Å²) < 4.78 is 43.5. The fraction of sp³-hybridized carbons (Fsp3) is 0.545. The van der Waals surface area contributed by atoms with Crippen molar-refractivity contribution >= 4 is 39.8 Å². The van der Waals surface area contributed by atoms with Gasteiger partial charge in [0, 0.05) is 0 Å². The summed E-state index contributed by atoms with van der Waals surface area (Å²) in [7, 11) is 1.20. The molecule has 0 radical (unpaired) electrons. The molecule has 0 unspecified atom stereocenters. The molecule has 0 saturated heterocycles. The Hall–Kier alpha value is -1.09. The molecule has 1 aliphatic carbocycles. The van der Waals surface area contributed by atoms with Crippen molar-refractivity contribution in [1.82, 2.24) is 0 Å². The number of alkyl halides is 3. The number of methoxy groups -OCH3 is 1. The number of nitrogen functional groups attached to an aromatic ring is 1. The number of hydrogen-bond acceptors (Lipinski definition) is 6. The Morgan fingerprint density at radius 2 is 2.10 bits per heavy atom. The second-order valence-electron chi connectivity index (χ2n) is 4.40. The first kappa shape index (κ1) is 15.3. The molecule has 1 saturated carbocycles. The van der Waals surface area contributed by atoms with Crippen molar-refractivity contribution in [3.63, 3.8) is 0 Å². The summed E-state index contributed by atoms with van der Waals surface area (Å²) in [6.07, 6.45) is -2.59. The zero-order valence-corrected chi connectivity index (χ0v) is 12.4. The third-order valence-electron chi connectivity index (χ3n) is 3.12. The maximum absolute atomic E-state index is 13.0. The maximum Gasteiger partial charge on any atom is 0.411 e. The number of nitrogens with one attached hydrogen (secondary N) is 1. The SMILES string of the molecule is COC(=O)c1sc(NC2(C(F)(F)F)CC2)c(SC)c1N. The number of nitrogens with two attached hydrogens (primary N) is 1. The van der Waals surface area contributed by atoms with E-state index in [-0.39, 0.29) is 28.4 Å². The van der Waals surface area contributed by atoms with E-state index < -0.39 is 17.7 Å². The number of carbonyl (C=O) groups is 1. The van der Waals surface area contributed by atoms with Crippen LogP contribution in [0.15, 0.2) is 4.90 Å². The molecule has 1 fully saturated rings. The Morgan fingerprint density at radius 3 is 2.50 bits per heavy atom. The van der Waals surface area contributed by atoms with Gasteiger partial charge in [-0.25, -0.2) is 4.79 Å². The lowest BCUT2D eigenvalue weighted by Crippen LogP contribution is -2.38. The van der Waals surface area contributed by atoms with Crippen molar-refractivity contribution in [2.75, 3.05) is 24.4 Å².